The number of carbonyl (C=O) groups is 1. The number of anilines is 1. The zero-order valence-electron chi connectivity index (χ0n) is 10.4. The number of rotatable bonds is 3. The molecule has 0 spiro atoms. The third-order valence-electron chi connectivity index (χ3n) is 3.30. The Balaban J connectivity index is 1.63. The van der Waals surface area contributed by atoms with Gasteiger partial charge < -0.3 is 25.3 Å². The van der Waals surface area contributed by atoms with Crippen LogP contribution in [0.25, 0.3) is 0 Å². The van der Waals surface area contributed by atoms with Crippen molar-refractivity contribution in [3.8, 4) is 11.5 Å². The number of carbonyl (C=O) groups excluding carboxylic acids is 1. The molecule has 1 amide bonds. The van der Waals surface area contributed by atoms with Crippen molar-refractivity contribution < 1.29 is 19.0 Å². The summed E-state index contributed by atoms with van der Waals surface area (Å²) in [7, 11) is 0. The van der Waals surface area contributed by atoms with Gasteiger partial charge in [0.2, 0.25) is 6.79 Å². The van der Waals surface area contributed by atoms with Gasteiger partial charge in [-0.2, -0.15) is 0 Å². The number of hydrogen-bond donors (Lipinski definition) is 2. The minimum Gasteiger partial charge on any atom is -0.454 e. The summed E-state index contributed by atoms with van der Waals surface area (Å²) in [6.07, 6.45) is 1.11. The number of nitrogens with two attached hydrogens (primary N) is 1. The van der Waals surface area contributed by atoms with Crippen molar-refractivity contribution in [2.75, 3.05) is 18.7 Å². The maximum atomic E-state index is 12.0. The molecule has 2 atom stereocenters. The van der Waals surface area contributed by atoms with Crippen molar-refractivity contribution in [3.05, 3.63) is 18.2 Å². The highest BCUT2D eigenvalue weighted by molar-refractivity contribution is 5.94. The summed E-state index contributed by atoms with van der Waals surface area (Å²) in [6.45, 7) is 0.671. The standard InChI is InChI=1S/C13H16N2O4/c14-6-9-2-4-11(19-9)13(16)15-8-1-3-10-12(5-8)18-7-17-10/h1,3,5,9,11H,2,4,6-7,14H2,(H,15,16). The Bertz CT molecular complexity index is 492. The molecule has 6 heteroatoms. The number of amides is 1. The maximum absolute atomic E-state index is 12.0. The van der Waals surface area contributed by atoms with E-state index in [0.29, 0.717) is 30.2 Å². The van der Waals surface area contributed by atoms with Crippen molar-refractivity contribution in [2.45, 2.75) is 25.0 Å². The average Bonchev–Trinajstić information content (AvgIpc) is 3.06. The Labute approximate surface area is 110 Å². The van der Waals surface area contributed by atoms with E-state index < -0.39 is 6.10 Å². The topological polar surface area (TPSA) is 82.8 Å². The number of benzene rings is 1. The summed E-state index contributed by atoms with van der Waals surface area (Å²) in [5.41, 5.74) is 6.20. The lowest BCUT2D eigenvalue weighted by atomic mass is 10.2. The highest BCUT2D eigenvalue weighted by Gasteiger charge is 2.30. The third-order valence-corrected chi connectivity index (χ3v) is 3.30. The van der Waals surface area contributed by atoms with Crippen LogP contribution < -0.4 is 20.5 Å². The molecule has 1 saturated heterocycles. The van der Waals surface area contributed by atoms with E-state index in [9.17, 15) is 4.79 Å². The average molecular weight is 264 g/mol. The van der Waals surface area contributed by atoms with E-state index in [1.807, 2.05) is 0 Å². The molecule has 0 aromatic heterocycles. The summed E-state index contributed by atoms with van der Waals surface area (Å²) in [5.74, 6) is 1.19. The molecule has 2 unspecified atom stereocenters. The predicted molar refractivity (Wildman–Crippen MR) is 68.1 cm³/mol. The SMILES string of the molecule is NCC1CCC(C(=O)Nc2ccc3c(c2)OCO3)O1. The van der Waals surface area contributed by atoms with E-state index in [1.165, 1.54) is 0 Å². The third kappa shape index (κ3) is 2.50. The fourth-order valence-electron chi connectivity index (χ4n) is 2.27. The fourth-order valence-corrected chi connectivity index (χ4v) is 2.27. The first-order chi connectivity index (χ1) is 9.26. The van der Waals surface area contributed by atoms with Gasteiger partial charge in [0.25, 0.3) is 5.91 Å². The molecule has 3 N–H and O–H groups in total. The number of hydrogen-bond acceptors (Lipinski definition) is 5. The summed E-state index contributed by atoms with van der Waals surface area (Å²) in [6, 6.07) is 5.30. The largest absolute Gasteiger partial charge is 0.454 e. The first-order valence-corrected chi connectivity index (χ1v) is 6.32. The van der Waals surface area contributed by atoms with Gasteiger partial charge in [0.1, 0.15) is 6.10 Å². The first kappa shape index (κ1) is 12.3. The monoisotopic (exact) mass is 264 g/mol. The normalized spacial score (nSPS) is 24.5. The number of nitrogens with one attached hydrogen (secondary N) is 1. The molecular weight excluding hydrogens is 248 g/mol. The van der Waals surface area contributed by atoms with E-state index in [0.717, 1.165) is 6.42 Å². The van der Waals surface area contributed by atoms with Gasteiger partial charge in [0.05, 0.1) is 6.10 Å². The minimum atomic E-state index is -0.418. The van der Waals surface area contributed by atoms with Gasteiger partial charge in [-0.3, -0.25) is 4.79 Å². The highest BCUT2D eigenvalue weighted by Crippen LogP contribution is 2.34. The van der Waals surface area contributed by atoms with Crippen LogP contribution in [0.2, 0.25) is 0 Å². The predicted octanol–water partition coefficient (Wildman–Crippen LogP) is 0.860. The molecule has 1 aromatic rings. The fraction of sp³-hybridized carbons (Fsp3) is 0.462. The zero-order chi connectivity index (χ0) is 13.2. The lowest BCUT2D eigenvalue weighted by molar-refractivity contribution is -0.126. The van der Waals surface area contributed by atoms with E-state index in [-0.39, 0.29) is 18.8 Å². The Kier molecular flexibility index (Phi) is 3.27. The summed E-state index contributed by atoms with van der Waals surface area (Å²) in [4.78, 5) is 12.0. The van der Waals surface area contributed by atoms with Crippen molar-refractivity contribution in [2.24, 2.45) is 5.73 Å². The van der Waals surface area contributed by atoms with Gasteiger partial charge in [0.15, 0.2) is 11.5 Å². The molecule has 0 aliphatic carbocycles. The second-order valence-electron chi connectivity index (χ2n) is 4.62. The van der Waals surface area contributed by atoms with Crippen LogP contribution in [0.3, 0.4) is 0 Å². The first-order valence-electron chi connectivity index (χ1n) is 6.32. The summed E-state index contributed by atoms with van der Waals surface area (Å²) in [5, 5.41) is 2.82. The van der Waals surface area contributed by atoms with Gasteiger partial charge in [-0.25, -0.2) is 0 Å². The van der Waals surface area contributed by atoms with Crippen LogP contribution >= 0.6 is 0 Å². The molecule has 0 saturated carbocycles. The molecule has 102 valence electrons. The Morgan fingerprint density at radius 2 is 2.16 bits per heavy atom. The summed E-state index contributed by atoms with van der Waals surface area (Å²) >= 11 is 0. The molecule has 2 aliphatic heterocycles. The Hall–Kier alpha value is -1.79. The molecule has 1 fully saturated rings. The van der Waals surface area contributed by atoms with E-state index in [1.54, 1.807) is 18.2 Å². The molecular formula is C13H16N2O4. The van der Waals surface area contributed by atoms with Crippen molar-refractivity contribution in [1.29, 1.82) is 0 Å². The van der Waals surface area contributed by atoms with Crippen molar-refractivity contribution >= 4 is 11.6 Å². The van der Waals surface area contributed by atoms with E-state index in [2.05, 4.69) is 5.32 Å². The van der Waals surface area contributed by atoms with Gasteiger partial charge in [-0.05, 0) is 25.0 Å². The van der Waals surface area contributed by atoms with Crippen molar-refractivity contribution in [1.82, 2.24) is 0 Å². The van der Waals surface area contributed by atoms with E-state index in [4.69, 9.17) is 19.9 Å². The Morgan fingerprint density at radius 1 is 1.32 bits per heavy atom. The molecule has 2 heterocycles. The smallest absolute Gasteiger partial charge is 0.253 e. The molecule has 19 heavy (non-hydrogen) atoms. The lowest BCUT2D eigenvalue weighted by Crippen LogP contribution is -2.29. The molecule has 6 nitrogen and oxygen atoms in total. The molecule has 0 radical (unpaired) electrons. The number of ether oxygens (including phenoxy) is 3. The molecule has 1 aromatic carbocycles. The van der Waals surface area contributed by atoms with Crippen LogP contribution in [0.15, 0.2) is 18.2 Å². The lowest BCUT2D eigenvalue weighted by Gasteiger charge is -2.12. The van der Waals surface area contributed by atoms with Crippen LogP contribution in [0.5, 0.6) is 11.5 Å². The van der Waals surface area contributed by atoms with Gasteiger partial charge in [-0.1, -0.05) is 0 Å². The second-order valence-corrected chi connectivity index (χ2v) is 4.62. The summed E-state index contributed by atoms with van der Waals surface area (Å²) < 4.78 is 16.0. The maximum Gasteiger partial charge on any atom is 0.253 e. The van der Waals surface area contributed by atoms with E-state index >= 15 is 0 Å². The quantitative estimate of drug-likeness (QED) is 0.846. The molecule has 2 aliphatic rings. The van der Waals surface area contributed by atoms with Gasteiger partial charge in [-0.15, -0.1) is 0 Å². The van der Waals surface area contributed by atoms with Gasteiger partial charge >= 0.3 is 0 Å². The van der Waals surface area contributed by atoms with Crippen molar-refractivity contribution in [3.63, 3.8) is 0 Å². The van der Waals surface area contributed by atoms with Gasteiger partial charge in [0, 0.05) is 18.3 Å². The second kappa shape index (κ2) is 5.07. The minimum absolute atomic E-state index is 0.00694. The van der Waals surface area contributed by atoms with Crippen LogP contribution in [0.1, 0.15) is 12.8 Å². The zero-order valence-corrected chi connectivity index (χ0v) is 10.4. The molecule has 0 bridgehead atoms. The molecule has 3 rings (SSSR count). The van der Waals surface area contributed by atoms with Crippen LogP contribution in [-0.4, -0.2) is 31.5 Å². The van der Waals surface area contributed by atoms with Crippen LogP contribution in [0, 0.1) is 0 Å². The Morgan fingerprint density at radius 3 is 2.95 bits per heavy atom. The van der Waals surface area contributed by atoms with Crippen LogP contribution in [-0.2, 0) is 9.53 Å². The highest BCUT2D eigenvalue weighted by atomic mass is 16.7. The van der Waals surface area contributed by atoms with Crippen LogP contribution in [0.4, 0.5) is 5.69 Å². The number of fused-ring (bicyclic) bond motifs is 1.